The van der Waals surface area contributed by atoms with Crippen LogP contribution in [0.3, 0.4) is 0 Å². The summed E-state index contributed by atoms with van der Waals surface area (Å²) >= 11 is 0. The third-order valence-corrected chi connectivity index (χ3v) is 2.51. The first-order valence-electron chi connectivity index (χ1n) is 5.73. The second-order valence-electron chi connectivity index (χ2n) is 3.78. The molecule has 19 heavy (non-hydrogen) atoms. The first kappa shape index (κ1) is 13.0. The SMILES string of the molecule is COc1nc(NC(C)c2ccncc2)nc(OC)n1. The molecule has 7 heteroatoms. The highest BCUT2D eigenvalue weighted by atomic mass is 16.5. The van der Waals surface area contributed by atoms with E-state index in [1.165, 1.54) is 14.2 Å². The fourth-order valence-electron chi connectivity index (χ4n) is 1.51. The van der Waals surface area contributed by atoms with Crippen LogP contribution in [-0.4, -0.2) is 34.2 Å². The number of nitrogens with one attached hydrogen (secondary N) is 1. The molecule has 0 amide bonds. The van der Waals surface area contributed by atoms with Gasteiger partial charge in [-0.2, -0.15) is 9.97 Å². The van der Waals surface area contributed by atoms with Crippen LogP contribution in [0.2, 0.25) is 0 Å². The van der Waals surface area contributed by atoms with Crippen LogP contribution in [0.1, 0.15) is 18.5 Å². The van der Waals surface area contributed by atoms with Crippen LogP contribution in [-0.2, 0) is 0 Å². The largest absolute Gasteiger partial charge is 0.467 e. The lowest BCUT2D eigenvalue weighted by Crippen LogP contribution is -2.11. The van der Waals surface area contributed by atoms with Gasteiger partial charge in [-0.25, -0.2) is 0 Å². The minimum Gasteiger partial charge on any atom is -0.467 e. The molecule has 0 aliphatic carbocycles. The maximum absolute atomic E-state index is 4.99. The molecular formula is C12H15N5O2. The van der Waals surface area contributed by atoms with Crippen molar-refractivity contribution in [3.63, 3.8) is 0 Å². The topological polar surface area (TPSA) is 82.0 Å². The summed E-state index contributed by atoms with van der Waals surface area (Å²) in [6.07, 6.45) is 3.48. The molecule has 0 spiro atoms. The summed E-state index contributed by atoms with van der Waals surface area (Å²) in [4.78, 5) is 16.1. The van der Waals surface area contributed by atoms with Gasteiger partial charge in [0.25, 0.3) is 0 Å². The van der Waals surface area contributed by atoms with Gasteiger partial charge >= 0.3 is 12.0 Å². The monoisotopic (exact) mass is 261 g/mol. The van der Waals surface area contributed by atoms with Crippen molar-refractivity contribution >= 4 is 5.95 Å². The van der Waals surface area contributed by atoms with E-state index >= 15 is 0 Å². The molecule has 1 N–H and O–H groups in total. The number of hydrogen-bond acceptors (Lipinski definition) is 7. The summed E-state index contributed by atoms with van der Waals surface area (Å²) in [6.45, 7) is 2.00. The van der Waals surface area contributed by atoms with E-state index in [2.05, 4.69) is 25.3 Å². The molecule has 2 heterocycles. The van der Waals surface area contributed by atoms with Crippen molar-refractivity contribution in [2.45, 2.75) is 13.0 Å². The third kappa shape index (κ3) is 3.27. The molecule has 0 radical (unpaired) electrons. The predicted octanol–water partition coefficient (Wildman–Crippen LogP) is 1.46. The van der Waals surface area contributed by atoms with Crippen molar-refractivity contribution in [3.05, 3.63) is 30.1 Å². The van der Waals surface area contributed by atoms with Crippen LogP contribution in [0.15, 0.2) is 24.5 Å². The number of ether oxygens (including phenoxy) is 2. The van der Waals surface area contributed by atoms with Crippen molar-refractivity contribution in [2.75, 3.05) is 19.5 Å². The Balaban J connectivity index is 2.18. The molecule has 0 saturated carbocycles. The van der Waals surface area contributed by atoms with Gasteiger partial charge in [-0.3, -0.25) is 4.98 Å². The fraction of sp³-hybridized carbons (Fsp3) is 0.333. The molecule has 0 aromatic carbocycles. The van der Waals surface area contributed by atoms with Crippen LogP contribution in [0.25, 0.3) is 0 Å². The quantitative estimate of drug-likeness (QED) is 0.872. The van der Waals surface area contributed by atoms with E-state index in [1.807, 2.05) is 19.1 Å². The van der Waals surface area contributed by atoms with Gasteiger partial charge in [0.05, 0.1) is 20.3 Å². The fourth-order valence-corrected chi connectivity index (χ4v) is 1.51. The highest BCUT2D eigenvalue weighted by Crippen LogP contribution is 2.18. The number of pyridine rings is 1. The number of rotatable bonds is 5. The Morgan fingerprint density at radius 2 is 1.58 bits per heavy atom. The first-order valence-corrected chi connectivity index (χ1v) is 5.73. The Labute approximate surface area is 111 Å². The summed E-state index contributed by atoms with van der Waals surface area (Å²) in [5.74, 6) is 0.396. The van der Waals surface area contributed by atoms with Gasteiger partial charge in [0.2, 0.25) is 5.95 Å². The van der Waals surface area contributed by atoms with E-state index < -0.39 is 0 Å². The molecule has 0 aliphatic rings. The zero-order chi connectivity index (χ0) is 13.7. The molecule has 2 rings (SSSR count). The lowest BCUT2D eigenvalue weighted by molar-refractivity contribution is 0.341. The van der Waals surface area contributed by atoms with Crippen LogP contribution >= 0.6 is 0 Å². The van der Waals surface area contributed by atoms with E-state index in [9.17, 15) is 0 Å². The van der Waals surface area contributed by atoms with E-state index in [0.717, 1.165) is 5.56 Å². The number of methoxy groups -OCH3 is 2. The van der Waals surface area contributed by atoms with Gasteiger partial charge in [0.15, 0.2) is 0 Å². The maximum Gasteiger partial charge on any atom is 0.324 e. The summed E-state index contributed by atoms with van der Waals surface area (Å²) in [5.41, 5.74) is 1.08. The minimum absolute atomic E-state index is 0.0276. The molecule has 0 aliphatic heterocycles. The maximum atomic E-state index is 4.99. The average Bonchev–Trinajstić information content (AvgIpc) is 2.47. The van der Waals surface area contributed by atoms with Crippen molar-refractivity contribution in [2.24, 2.45) is 0 Å². The van der Waals surface area contributed by atoms with Crippen LogP contribution < -0.4 is 14.8 Å². The standard InChI is InChI=1S/C12H15N5O2/c1-8(9-4-6-13-7-5-9)14-10-15-11(18-2)17-12(16-10)19-3/h4-8H,1-3H3,(H,14,15,16,17). The summed E-state index contributed by atoms with van der Waals surface area (Å²) in [6, 6.07) is 4.29. The molecule has 1 atom stereocenters. The summed E-state index contributed by atoms with van der Waals surface area (Å²) in [5, 5.41) is 3.16. The van der Waals surface area contributed by atoms with Gasteiger partial charge in [-0.15, -0.1) is 4.98 Å². The van der Waals surface area contributed by atoms with Crippen molar-refractivity contribution < 1.29 is 9.47 Å². The summed E-state index contributed by atoms with van der Waals surface area (Å²) < 4.78 is 9.98. The highest BCUT2D eigenvalue weighted by Gasteiger charge is 2.10. The highest BCUT2D eigenvalue weighted by molar-refractivity contribution is 5.32. The van der Waals surface area contributed by atoms with Crippen LogP contribution in [0, 0.1) is 0 Å². The molecule has 7 nitrogen and oxygen atoms in total. The average molecular weight is 261 g/mol. The molecule has 1 unspecified atom stereocenters. The Morgan fingerprint density at radius 1 is 1.00 bits per heavy atom. The third-order valence-electron chi connectivity index (χ3n) is 2.51. The molecule has 2 aromatic rings. The van der Waals surface area contributed by atoms with Crippen molar-refractivity contribution in [1.29, 1.82) is 0 Å². The van der Waals surface area contributed by atoms with Crippen molar-refractivity contribution in [1.82, 2.24) is 19.9 Å². The molecule has 0 bridgehead atoms. The second kappa shape index (κ2) is 5.94. The van der Waals surface area contributed by atoms with Crippen molar-refractivity contribution in [3.8, 4) is 12.0 Å². The summed E-state index contributed by atoms with van der Waals surface area (Å²) in [7, 11) is 2.98. The predicted molar refractivity (Wildman–Crippen MR) is 69.2 cm³/mol. The van der Waals surface area contributed by atoms with E-state index in [0.29, 0.717) is 5.95 Å². The number of aromatic nitrogens is 4. The Morgan fingerprint density at radius 3 is 2.11 bits per heavy atom. The van der Waals surface area contributed by atoms with Crippen LogP contribution in [0.5, 0.6) is 12.0 Å². The van der Waals surface area contributed by atoms with Gasteiger partial charge < -0.3 is 14.8 Å². The zero-order valence-corrected chi connectivity index (χ0v) is 11.0. The number of anilines is 1. The van der Waals surface area contributed by atoms with Gasteiger partial charge in [-0.1, -0.05) is 0 Å². The Bertz CT molecular complexity index is 513. The second-order valence-corrected chi connectivity index (χ2v) is 3.78. The molecular weight excluding hydrogens is 246 g/mol. The molecule has 100 valence electrons. The smallest absolute Gasteiger partial charge is 0.324 e. The first-order chi connectivity index (χ1) is 9.22. The number of nitrogens with zero attached hydrogens (tertiary/aromatic N) is 4. The number of hydrogen-bond donors (Lipinski definition) is 1. The normalized spacial score (nSPS) is 11.7. The van der Waals surface area contributed by atoms with E-state index in [-0.39, 0.29) is 18.1 Å². The Hall–Kier alpha value is -2.44. The Kier molecular flexibility index (Phi) is 4.07. The van der Waals surface area contributed by atoms with Gasteiger partial charge in [-0.05, 0) is 24.6 Å². The molecule has 2 aromatic heterocycles. The van der Waals surface area contributed by atoms with Crippen LogP contribution in [0.4, 0.5) is 5.95 Å². The lowest BCUT2D eigenvalue weighted by Gasteiger charge is -2.14. The molecule has 0 saturated heterocycles. The molecule has 0 fully saturated rings. The zero-order valence-electron chi connectivity index (χ0n) is 11.0. The van der Waals surface area contributed by atoms with Gasteiger partial charge in [0, 0.05) is 12.4 Å². The van der Waals surface area contributed by atoms with E-state index in [4.69, 9.17) is 9.47 Å². The van der Waals surface area contributed by atoms with Gasteiger partial charge in [0.1, 0.15) is 0 Å². The minimum atomic E-state index is 0.0276. The lowest BCUT2D eigenvalue weighted by atomic mass is 10.1. The van der Waals surface area contributed by atoms with E-state index in [1.54, 1.807) is 12.4 Å².